The van der Waals surface area contributed by atoms with Gasteiger partial charge in [-0.05, 0) is 48.9 Å². The number of alkyl halides is 3. The molecule has 0 spiro atoms. The number of nitrogens with one attached hydrogen (secondary N) is 3. The normalized spacial score (nSPS) is 11.4. The quantitative estimate of drug-likeness (QED) is 0.251. The van der Waals surface area contributed by atoms with Crippen molar-refractivity contribution >= 4 is 34.1 Å². The minimum Gasteiger partial charge on any atom is -0.357 e. The van der Waals surface area contributed by atoms with E-state index in [9.17, 15) is 18.0 Å². The van der Waals surface area contributed by atoms with E-state index < -0.39 is 17.6 Å². The van der Waals surface area contributed by atoms with Crippen LogP contribution in [0.3, 0.4) is 0 Å². The summed E-state index contributed by atoms with van der Waals surface area (Å²) in [6.45, 7) is 1.88. The van der Waals surface area contributed by atoms with Crippen LogP contribution in [0.1, 0.15) is 21.5 Å². The molecule has 5 aromatic rings. The fourth-order valence-corrected chi connectivity index (χ4v) is 3.75. The molecule has 0 aliphatic carbocycles. The third-order valence-electron chi connectivity index (χ3n) is 5.64. The molecule has 3 N–H and O–H groups in total. The van der Waals surface area contributed by atoms with E-state index in [1.54, 1.807) is 24.4 Å². The molecule has 9 heteroatoms. The van der Waals surface area contributed by atoms with E-state index >= 15 is 0 Å². The van der Waals surface area contributed by atoms with Crippen LogP contribution in [0, 0.1) is 6.92 Å². The summed E-state index contributed by atoms with van der Waals surface area (Å²) < 4.78 is 39.1. The molecule has 0 fully saturated rings. The van der Waals surface area contributed by atoms with Crippen LogP contribution >= 0.6 is 0 Å². The van der Waals surface area contributed by atoms with Gasteiger partial charge in [0.05, 0.1) is 11.1 Å². The molecule has 0 unspecified atom stereocenters. The van der Waals surface area contributed by atoms with Crippen molar-refractivity contribution in [2.45, 2.75) is 13.1 Å². The number of hydrogen-bond donors (Lipinski definition) is 3. The monoisotopic (exact) mass is 487 g/mol. The number of benzene rings is 3. The van der Waals surface area contributed by atoms with Gasteiger partial charge in [0, 0.05) is 28.7 Å². The Hall–Kier alpha value is -4.66. The molecular weight excluding hydrogens is 467 g/mol. The predicted octanol–water partition coefficient (Wildman–Crippen LogP) is 6.95. The van der Waals surface area contributed by atoms with Gasteiger partial charge in [-0.25, -0.2) is 9.97 Å². The summed E-state index contributed by atoms with van der Waals surface area (Å²) in [4.78, 5) is 25.3. The van der Waals surface area contributed by atoms with Gasteiger partial charge in [0.15, 0.2) is 11.6 Å². The van der Waals surface area contributed by atoms with Gasteiger partial charge >= 0.3 is 6.18 Å². The average molecular weight is 487 g/mol. The molecule has 5 rings (SSSR count). The minimum atomic E-state index is -4.50. The summed E-state index contributed by atoms with van der Waals surface area (Å²) in [6.07, 6.45) is -2.73. The maximum atomic E-state index is 13.0. The number of aryl methyl sites for hydroxylation is 1. The van der Waals surface area contributed by atoms with Crippen molar-refractivity contribution in [2.75, 3.05) is 10.6 Å². The highest BCUT2D eigenvalue weighted by atomic mass is 19.4. The lowest BCUT2D eigenvalue weighted by Crippen LogP contribution is -2.13. The number of amides is 1. The summed E-state index contributed by atoms with van der Waals surface area (Å²) >= 11 is 0. The van der Waals surface area contributed by atoms with Crippen molar-refractivity contribution in [3.8, 4) is 11.4 Å². The zero-order chi connectivity index (χ0) is 25.3. The van der Waals surface area contributed by atoms with Crippen molar-refractivity contribution in [1.82, 2.24) is 15.0 Å². The topological polar surface area (TPSA) is 82.7 Å². The van der Waals surface area contributed by atoms with E-state index in [-0.39, 0.29) is 11.3 Å². The van der Waals surface area contributed by atoms with E-state index in [0.717, 1.165) is 28.8 Å². The van der Waals surface area contributed by atoms with Crippen molar-refractivity contribution in [2.24, 2.45) is 0 Å². The first-order chi connectivity index (χ1) is 17.3. The van der Waals surface area contributed by atoms with Crippen molar-refractivity contribution in [3.05, 3.63) is 102 Å². The number of rotatable bonds is 5. The van der Waals surface area contributed by atoms with Crippen LogP contribution in [0.2, 0.25) is 0 Å². The van der Waals surface area contributed by atoms with Crippen LogP contribution in [-0.4, -0.2) is 20.9 Å². The SMILES string of the molecule is Cc1ccc(C(=O)Nc2cccc(C(F)(F)F)c2)cc1Nc1nc(-c2ccccc2)nc2cc[nH]c12. The number of carbonyl (C=O) groups excluding carboxylic acids is 1. The predicted molar refractivity (Wildman–Crippen MR) is 133 cm³/mol. The van der Waals surface area contributed by atoms with Gasteiger partial charge < -0.3 is 15.6 Å². The second kappa shape index (κ2) is 9.18. The van der Waals surface area contributed by atoms with Crippen LogP contribution in [0.4, 0.5) is 30.4 Å². The van der Waals surface area contributed by atoms with Gasteiger partial charge in [0.25, 0.3) is 5.91 Å². The van der Waals surface area contributed by atoms with Crippen LogP contribution in [0.5, 0.6) is 0 Å². The Kier molecular flexibility index (Phi) is 5.89. The number of aromatic nitrogens is 3. The van der Waals surface area contributed by atoms with Crippen LogP contribution in [0.15, 0.2) is 85.1 Å². The summed E-state index contributed by atoms with van der Waals surface area (Å²) in [5.74, 6) is 0.541. The second-order valence-corrected chi connectivity index (χ2v) is 8.19. The molecule has 0 saturated carbocycles. The van der Waals surface area contributed by atoms with Crippen molar-refractivity contribution < 1.29 is 18.0 Å². The number of nitrogens with zero attached hydrogens (tertiary/aromatic N) is 2. The van der Waals surface area contributed by atoms with Crippen LogP contribution in [-0.2, 0) is 6.18 Å². The Morgan fingerprint density at radius 2 is 1.72 bits per heavy atom. The lowest BCUT2D eigenvalue weighted by atomic mass is 10.1. The van der Waals surface area contributed by atoms with E-state index in [4.69, 9.17) is 4.98 Å². The first kappa shape index (κ1) is 23.1. The van der Waals surface area contributed by atoms with Crippen molar-refractivity contribution in [1.29, 1.82) is 0 Å². The Labute approximate surface area is 204 Å². The summed E-state index contributed by atoms with van der Waals surface area (Å²) in [5, 5.41) is 5.83. The summed E-state index contributed by atoms with van der Waals surface area (Å²) in [6, 6.07) is 20.9. The number of carbonyl (C=O) groups is 1. The Morgan fingerprint density at radius 3 is 2.50 bits per heavy atom. The van der Waals surface area contributed by atoms with Gasteiger partial charge in [-0.15, -0.1) is 0 Å². The second-order valence-electron chi connectivity index (χ2n) is 8.19. The fourth-order valence-electron chi connectivity index (χ4n) is 3.75. The maximum Gasteiger partial charge on any atom is 0.416 e. The highest BCUT2D eigenvalue weighted by Crippen LogP contribution is 2.31. The van der Waals surface area contributed by atoms with Gasteiger partial charge in [0.2, 0.25) is 0 Å². The van der Waals surface area contributed by atoms with Crippen molar-refractivity contribution in [3.63, 3.8) is 0 Å². The van der Waals surface area contributed by atoms with Gasteiger partial charge in [0.1, 0.15) is 5.52 Å². The molecule has 6 nitrogen and oxygen atoms in total. The fraction of sp³-hybridized carbons (Fsp3) is 0.0741. The largest absolute Gasteiger partial charge is 0.416 e. The first-order valence-corrected chi connectivity index (χ1v) is 11.0. The summed E-state index contributed by atoms with van der Waals surface area (Å²) in [7, 11) is 0. The molecule has 180 valence electrons. The highest BCUT2D eigenvalue weighted by Gasteiger charge is 2.30. The molecular formula is C27H20F3N5O. The van der Waals surface area contributed by atoms with Gasteiger partial charge in [-0.2, -0.15) is 13.2 Å². The standard InChI is InChI=1S/C27H20F3N5O/c1-16-10-11-18(26(36)32-20-9-5-8-19(15-20)27(28,29)30)14-22(16)34-25-23-21(12-13-31-23)33-24(35-25)17-6-3-2-4-7-17/h2-15,31H,1H3,(H,32,36)(H,33,34,35). The zero-order valence-electron chi connectivity index (χ0n) is 19.0. The number of halogens is 3. The smallest absolute Gasteiger partial charge is 0.357 e. The summed E-state index contributed by atoms with van der Waals surface area (Å²) in [5.41, 5.74) is 3.26. The maximum absolute atomic E-state index is 13.0. The Bertz CT molecular complexity index is 1560. The molecule has 1 amide bonds. The number of aromatic amines is 1. The molecule has 0 atom stereocenters. The van der Waals surface area contributed by atoms with Gasteiger partial charge in [-0.1, -0.05) is 42.5 Å². The molecule has 0 bridgehead atoms. The average Bonchev–Trinajstić information content (AvgIpc) is 3.35. The molecule has 3 aromatic carbocycles. The van der Waals surface area contributed by atoms with Crippen LogP contribution in [0.25, 0.3) is 22.4 Å². The van der Waals surface area contributed by atoms with E-state index in [0.29, 0.717) is 22.8 Å². The highest BCUT2D eigenvalue weighted by molar-refractivity contribution is 6.05. The van der Waals surface area contributed by atoms with E-state index in [2.05, 4.69) is 20.6 Å². The Balaban J connectivity index is 1.45. The van der Waals surface area contributed by atoms with E-state index in [1.807, 2.05) is 43.3 Å². The Morgan fingerprint density at radius 1 is 0.917 bits per heavy atom. The third kappa shape index (κ3) is 4.76. The lowest BCUT2D eigenvalue weighted by Gasteiger charge is -2.14. The third-order valence-corrected chi connectivity index (χ3v) is 5.64. The molecule has 0 aliphatic rings. The van der Waals surface area contributed by atoms with E-state index in [1.165, 1.54) is 12.1 Å². The van der Waals surface area contributed by atoms with Crippen LogP contribution < -0.4 is 10.6 Å². The number of hydrogen-bond acceptors (Lipinski definition) is 4. The molecule has 36 heavy (non-hydrogen) atoms. The first-order valence-electron chi connectivity index (χ1n) is 11.0. The molecule has 0 aliphatic heterocycles. The van der Waals surface area contributed by atoms with Gasteiger partial charge in [-0.3, -0.25) is 4.79 Å². The number of H-pyrrole nitrogens is 1. The molecule has 0 saturated heterocycles. The zero-order valence-corrected chi connectivity index (χ0v) is 19.0. The molecule has 2 heterocycles. The minimum absolute atomic E-state index is 0.0568. The molecule has 2 aromatic heterocycles. The molecule has 0 radical (unpaired) electrons. The number of fused-ring (bicyclic) bond motifs is 1. The number of anilines is 3. The lowest BCUT2D eigenvalue weighted by molar-refractivity contribution is -0.137.